The van der Waals surface area contributed by atoms with Crippen molar-refractivity contribution in [2.24, 2.45) is 0 Å². The van der Waals surface area contributed by atoms with E-state index in [0.717, 1.165) is 28.2 Å². The molecule has 0 aliphatic heterocycles. The molecule has 0 radical (unpaired) electrons. The molecule has 0 bridgehead atoms. The number of halogens is 1. The maximum absolute atomic E-state index is 5.34. The van der Waals surface area contributed by atoms with Crippen LogP contribution in [0.2, 0.25) is 0 Å². The summed E-state index contributed by atoms with van der Waals surface area (Å²) in [6, 6.07) is 8.30. The van der Waals surface area contributed by atoms with Crippen LogP contribution in [0.4, 0.5) is 0 Å². The van der Waals surface area contributed by atoms with Gasteiger partial charge in [-0.3, -0.25) is 4.40 Å². The highest BCUT2D eigenvalue weighted by Crippen LogP contribution is 2.22. The lowest BCUT2D eigenvalue weighted by Gasteiger charge is -2.06. The van der Waals surface area contributed by atoms with E-state index in [1.165, 1.54) is 5.56 Å². The molecule has 0 spiro atoms. The highest BCUT2D eigenvalue weighted by Gasteiger charge is 2.12. The van der Waals surface area contributed by atoms with Gasteiger partial charge in [-0.1, -0.05) is 28.1 Å². The van der Waals surface area contributed by atoms with Crippen LogP contribution in [0.1, 0.15) is 11.3 Å². The van der Waals surface area contributed by atoms with E-state index in [1.807, 2.05) is 23.7 Å². The SMILES string of the molecule is COc1nc2sccn2c1CNCc1ccc(Br)cc1. The summed E-state index contributed by atoms with van der Waals surface area (Å²) in [4.78, 5) is 5.40. The van der Waals surface area contributed by atoms with Crippen LogP contribution in [0.3, 0.4) is 0 Å². The van der Waals surface area contributed by atoms with Gasteiger partial charge in [0, 0.05) is 29.1 Å². The van der Waals surface area contributed by atoms with Crippen LogP contribution >= 0.6 is 27.3 Å². The summed E-state index contributed by atoms with van der Waals surface area (Å²) < 4.78 is 8.50. The second kappa shape index (κ2) is 5.95. The summed E-state index contributed by atoms with van der Waals surface area (Å²) in [5, 5.41) is 5.46. The van der Waals surface area contributed by atoms with Crippen molar-refractivity contribution in [1.82, 2.24) is 14.7 Å². The Morgan fingerprint density at radius 2 is 2.10 bits per heavy atom. The molecule has 6 heteroatoms. The molecule has 2 heterocycles. The van der Waals surface area contributed by atoms with Crippen molar-refractivity contribution >= 4 is 32.2 Å². The van der Waals surface area contributed by atoms with Crippen molar-refractivity contribution in [2.75, 3.05) is 7.11 Å². The van der Waals surface area contributed by atoms with Crippen molar-refractivity contribution in [2.45, 2.75) is 13.1 Å². The van der Waals surface area contributed by atoms with Gasteiger partial charge < -0.3 is 10.1 Å². The molecule has 20 heavy (non-hydrogen) atoms. The van der Waals surface area contributed by atoms with Gasteiger partial charge in [-0.05, 0) is 17.7 Å². The fraction of sp³-hybridized carbons (Fsp3) is 0.214. The molecule has 1 N–H and O–H groups in total. The summed E-state index contributed by atoms with van der Waals surface area (Å²) in [5.41, 5.74) is 2.30. The van der Waals surface area contributed by atoms with E-state index in [1.54, 1.807) is 18.4 Å². The van der Waals surface area contributed by atoms with E-state index in [-0.39, 0.29) is 0 Å². The summed E-state index contributed by atoms with van der Waals surface area (Å²) >= 11 is 5.05. The third-order valence-electron chi connectivity index (χ3n) is 3.05. The molecule has 0 aliphatic rings. The van der Waals surface area contributed by atoms with Gasteiger partial charge in [-0.25, -0.2) is 0 Å². The number of nitrogens with one attached hydrogen (secondary N) is 1. The van der Waals surface area contributed by atoms with Gasteiger partial charge in [0.25, 0.3) is 0 Å². The molecule has 3 rings (SSSR count). The normalized spacial score (nSPS) is 11.1. The van der Waals surface area contributed by atoms with E-state index in [2.05, 4.69) is 42.8 Å². The standard InChI is InChI=1S/C14H14BrN3OS/c1-19-13-12(18-6-7-20-14(18)17-13)9-16-8-10-2-4-11(15)5-3-10/h2-7,16H,8-9H2,1H3. The maximum atomic E-state index is 5.34. The minimum Gasteiger partial charge on any atom is -0.480 e. The van der Waals surface area contributed by atoms with Gasteiger partial charge in [-0.15, -0.1) is 11.3 Å². The monoisotopic (exact) mass is 351 g/mol. The molecule has 0 unspecified atom stereocenters. The Balaban J connectivity index is 1.70. The molecule has 0 amide bonds. The fourth-order valence-electron chi connectivity index (χ4n) is 2.06. The zero-order chi connectivity index (χ0) is 13.9. The van der Waals surface area contributed by atoms with Gasteiger partial charge >= 0.3 is 0 Å². The van der Waals surface area contributed by atoms with Gasteiger partial charge in [0.05, 0.1) is 7.11 Å². The predicted molar refractivity (Wildman–Crippen MR) is 84.3 cm³/mol. The highest BCUT2D eigenvalue weighted by atomic mass is 79.9. The van der Waals surface area contributed by atoms with Crippen molar-refractivity contribution in [3.8, 4) is 5.88 Å². The van der Waals surface area contributed by atoms with E-state index >= 15 is 0 Å². The quantitative estimate of drug-likeness (QED) is 0.764. The van der Waals surface area contributed by atoms with Crippen molar-refractivity contribution in [3.05, 3.63) is 51.6 Å². The third-order valence-corrected chi connectivity index (χ3v) is 4.34. The Morgan fingerprint density at radius 1 is 1.30 bits per heavy atom. The van der Waals surface area contributed by atoms with Crippen LogP contribution in [0.25, 0.3) is 4.96 Å². The van der Waals surface area contributed by atoms with Crippen LogP contribution in [0.5, 0.6) is 5.88 Å². The highest BCUT2D eigenvalue weighted by molar-refractivity contribution is 9.10. The number of rotatable bonds is 5. The van der Waals surface area contributed by atoms with Crippen molar-refractivity contribution in [1.29, 1.82) is 0 Å². The summed E-state index contributed by atoms with van der Waals surface area (Å²) in [6.07, 6.45) is 2.02. The summed E-state index contributed by atoms with van der Waals surface area (Å²) in [7, 11) is 1.66. The number of methoxy groups -OCH3 is 1. The Bertz CT molecular complexity index is 705. The minimum absolute atomic E-state index is 0.695. The first kappa shape index (κ1) is 13.6. The number of imidazole rings is 1. The minimum atomic E-state index is 0.695. The Labute approximate surface area is 129 Å². The first-order chi connectivity index (χ1) is 9.78. The summed E-state index contributed by atoms with van der Waals surface area (Å²) in [6.45, 7) is 1.53. The number of thiazole rings is 1. The Morgan fingerprint density at radius 3 is 2.85 bits per heavy atom. The van der Waals surface area contributed by atoms with E-state index in [4.69, 9.17) is 4.74 Å². The first-order valence-corrected chi connectivity index (χ1v) is 7.89. The molecular formula is C14H14BrN3OS. The van der Waals surface area contributed by atoms with Gasteiger partial charge in [0.15, 0.2) is 4.96 Å². The van der Waals surface area contributed by atoms with Crippen LogP contribution in [0, 0.1) is 0 Å². The zero-order valence-electron chi connectivity index (χ0n) is 11.0. The molecule has 1 aromatic carbocycles. The topological polar surface area (TPSA) is 38.6 Å². The Hall–Kier alpha value is -1.37. The van der Waals surface area contributed by atoms with E-state index in [0.29, 0.717) is 5.88 Å². The second-order valence-electron chi connectivity index (χ2n) is 4.35. The molecular weight excluding hydrogens is 338 g/mol. The van der Waals surface area contributed by atoms with E-state index in [9.17, 15) is 0 Å². The zero-order valence-corrected chi connectivity index (χ0v) is 13.4. The van der Waals surface area contributed by atoms with Crippen LogP contribution < -0.4 is 10.1 Å². The molecule has 104 valence electrons. The number of aromatic nitrogens is 2. The molecule has 0 aliphatic carbocycles. The third kappa shape index (κ3) is 2.72. The largest absolute Gasteiger partial charge is 0.480 e. The smallest absolute Gasteiger partial charge is 0.237 e. The van der Waals surface area contributed by atoms with Crippen molar-refractivity contribution in [3.63, 3.8) is 0 Å². The summed E-state index contributed by atoms with van der Waals surface area (Å²) in [5.74, 6) is 0.695. The van der Waals surface area contributed by atoms with Gasteiger partial charge in [0.1, 0.15) is 5.69 Å². The van der Waals surface area contributed by atoms with Crippen LogP contribution in [-0.2, 0) is 13.1 Å². The lowest BCUT2D eigenvalue weighted by molar-refractivity contribution is 0.393. The maximum Gasteiger partial charge on any atom is 0.237 e. The number of hydrogen-bond donors (Lipinski definition) is 1. The lowest BCUT2D eigenvalue weighted by Crippen LogP contribution is -2.14. The molecule has 0 saturated heterocycles. The van der Waals surface area contributed by atoms with Crippen molar-refractivity contribution < 1.29 is 4.74 Å². The van der Waals surface area contributed by atoms with Crippen LogP contribution in [-0.4, -0.2) is 16.5 Å². The van der Waals surface area contributed by atoms with Gasteiger partial charge in [-0.2, -0.15) is 4.98 Å². The number of benzene rings is 1. The average Bonchev–Trinajstić information content (AvgIpc) is 3.02. The van der Waals surface area contributed by atoms with E-state index < -0.39 is 0 Å². The molecule has 2 aromatic heterocycles. The molecule has 4 nitrogen and oxygen atoms in total. The first-order valence-electron chi connectivity index (χ1n) is 6.21. The van der Waals surface area contributed by atoms with Crippen LogP contribution in [0.15, 0.2) is 40.3 Å². The number of fused-ring (bicyclic) bond motifs is 1. The Kier molecular flexibility index (Phi) is 4.05. The molecule has 0 saturated carbocycles. The fourth-order valence-corrected chi connectivity index (χ4v) is 3.05. The second-order valence-corrected chi connectivity index (χ2v) is 6.14. The number of nitrogens with zero attached hydrogens (tertiary/aromatic N) is 2. The molecule has 0 fully saturated rings. The molecule has 3 aromatic rings. The number of ether oxygens (including phenoxy) is 1. The predicted octanol–water partition coefficient (Wildman–Crippen LogP) is 3.46. The number of hydrogen-bond acceptors (Lipinski definition) is 4. The lowest BCUT2D eigenvalue weighted by atomic mass is 10.2. The molecule has 0 atom stereocenters. The average molecular weight is 352 g/mol. The van der Waals surface area contributed by atoms with Gasteiger partial charge in [0.2, 0.25) is 5.88 Å².